The van der Waals surface area contributed by atoms with Crippen LogP contribution in [-0.4, -0.2) is 54.0 Å². The Hall–Kier alpha value is -3.92. The number of methoxy groups -OCH3 is 1. The van der Waals surface area contributed by atoms with Crippen LogP contribution in [0.3, 0.4) is 0 Å². The van der Waals surface area contributed by atoms with Crippen molar-refractivity contribution in [3.05, 3.63) is 72.1 Å². The van der Waals surface area contributed by atoms with Crippen LogP contribution >= 0.6 is 0 Å². The van der Waals surface area contributed by atoms with E-state index in [9.17, 15) is 9.59 Å². The Kier molecular flexibility index (Phi) is 9.82. The molecule has 10 nitrogen and oxygen atoms in total. The van der Waals surface area contributed by atoms with Crippen molar-refractivity contribution in [2.75, 3.05) is 32.2 Å². The molecule has 3 rings (SSSR count). The van der Waals surface area contributed by atoms with Crippen molar-refractivity contribution < 1.29 is 28.5 Å². The molecule has 0 saturated carbocycles. The molecule has 1 aromatic heterocycles. The number of aromatic nitrogens is 3. The Bertz CT molecular complexity index is 1120. The minimum atomic E-state index is -0.957. The van der Waals surface area contributed by atoms with Crippen LogP contribution in [-0.2, 0) is 26.4 Å². The minimum absolute atomic E-state index is 0.184. The van der Waals surface area contributed by atoms with Crippen molar-refractivity contribution >= 4 is 17.7 Å². The lowest BCUT2D eigenvalue weighted by molar-refractivity contribution is 0.0382. The number of unbranched alkanes of at least 4 members (excludes halogenated alkanes) is 1. The average Bonchev–Trinajstić information content (AvgIpc) is 3.34. The monoisotopic (exact) mass is 496 g/mol. The van der Waals surface area contributed by atoms with Gasteiger partial charge in [0.2, 0.25) is 0 Å². The first-order valence-electron chi connectivity index (χ1n) is 11.7. The number of benzene rings is 2. The topological polar surface area (TPSA) is 114 Å². The first-order valence-corrected chi connectivity index (χ1v) is 11.7. The van der Waals surface area contributed by atoms with E-state index in [1.54, 1.807) is 62.2 Å². The van der Waals surface area contributed by atoms with Crippen molar-refractivity contribution in [2.45, 2.75) is 38.8 Å². The third kappa shape index (κ3) is 8.09. The third-order valence-corrected chi connectivity index (χ3v) is 5.19. The molecule has 192 valence electrons. The molecule has 1 amide bonds. The molecule has 0 saturated heterocycles. The molecule has 1 heterocycles. The molecule has 0 fully saturated rings. The van der Waals surface area contributed by atoms with Gasteiger partial charge in [-0.15, -0.1) is 5.10 Å². The van der Waals surface area contributed by atoms with Gasteiger partial charge in [0.05, 0.1) is 19.4 Å². The smallest absolute Gasteiger partial charge is 0.412 e. The summed E-state index contributed by atoms with van der Waals surface area (Å²) in [5, 5.41) is 11.0. The number of nitrogens with one attached hydrogen (secondary N) is 1. The summed E-state index contributed by atoms with van der Waals surface area (Å²) in [6.07, 6.45) is 2.71. The molecular formula is C26H32N4O6. The third-order valence-electron chi connectivity index (χ3n) is 5.19. The predicted octanol–water partition coefficient (Wildman–Crippen LogP) is 4.42. The normalized spacial score (nSPS) is 11.1. The van der Waals surface area contributed by atoms with Gasteiger partial charge in [0.15, 0.2) is 5.60 Å². The molecule has 0 unspecified atom stereocenters. The lowest BCUT2D eigenvalue weighted by atomic mass is 10.1. The number of rotatable bonds is 13. The average molecular weight is 497 g/mol. The van der Waals surface area contributed by atoms with Gasteiger partial charge in [-0.3, -0.25) is 10.00 Å². The number of nitrogens with zero attached hydrogens (tertiary/aromatic N) is 3. The standard InChI is InChI=1S/C26H32N4O6/c1-26(2,36-25(32)27-20-11-5-4-6-12-20)23-19-30(29-28-23)15-9-10-16-34-22-14-8-7-13-21(22)24(31)35-18-17-33-3/h4-8,11-14,19H,9-10,15-18H2,1-3H3,(H,27,32). The highest BCUT2D eigenvalue weighted by atomic mass is 16.6. The molecular weight excluding hydrogens is 464 g/mol. The molecule has 2 aromatic carbocycles. The van der Waals surface area contributed by atoms with E-state index >= 15 is 0 Å². The number of anilines is 1. The molecule has 0 bridgehead atoms. The molecule has 0 spiro atoms. The first kappa shape index (κ1) is 26.7. The summed E-state index contributed by atoms with van der Waals surface area (Å²) < 4.78 is 23.2. The molecule has 1 N–H and O–H groups in total. The lowest BCUT2D eigenvalue weighted by Crippen LogP contribution is -2.29. The molecule has 0 aliphatic rings. The van der Waals surface area contributed by atoms with Gasteiger partial charge in [0, 0.05) is 19.3 Å². The summed E-state index contributed by atoms with van der Waals surface area (Å²) in [5.41, 5.74) is 0.618. The highest BCUT2D eigenvalue weighted by Gasteiger charge is 2.29. The second-order valence-corrected chi connectivity index (χ2v) is 8.44. The number of aryl methyl sites for hydroxylation is 1. The Labute approximate surface area is 210 Å². The zero-order chi connectivity index (χ0) is 25.8. The second kappa shape index (κ2) is 13.2. The summed E-state index contributed by atoms with van der Waals surface area (Å²) >= 11 is 0. The molecule has 0 aliphatic carbocycles. The molecule has 10 heteroatoms. The minimum Gasteiger partial charge on any atom is -0.493 e. The largest absolute Gasteiger partial charge is 0.493 e. The van der Waals surface area contributed by atoms with Crippen molar-refractivity contribution in [1.82, 2.24) is 15.0 Å². The Morgan fingerprint density at radius 1 is 0.972 bits per heavy atom. The quantitative estimate of drug-likeness (QED) is 0.273. The fourth-order valence-corrected chi connectivity index (χ4v) is 3.25. The van der Waals surface area contributed by atoms with Crippen LogP contribution in [0.15, 0.2) is 60.8 Å². The van der Waals surface area contributed by atoms with E-state index in [0.717, 1.165) is 12.8 Å². The van der Waals surface area contributed by atoms with Crippen molar-refractivity contribution in [2.24, 2.45) is 0 Å². The van der Waals surface area contributed by atoms with Crippen molar-refractivity contribution in [3.8, 4) is 5.75 Å². The van der Waals surface area contributed by atoms with Crippen molar-refractivity contribution in [1.29, 1.82) is 0 Å². The SMILES string of the molecule is COCCOC(=O)c1ccccc1OCCCCn1cc(C(C)(C)OC(=O)Nc2ccccc2)nn1. The molecule has 0 aliphatic heterocycles. The maximum Gasteiger partial charge on any atom is 0.412 e. The van der Waals surface area contributed by atoms with E-state index in [4.69, 9.17) is 18.9 Å². The van der Waals surface area contributed by atoms with Crippen LogP contribution in [0.2, 0.25) is 0 Å². The Morgan fingerprint density at radius 3 is 2.50 bits per heavy atom. The van der Waals surface area contributed by atoms with Crippen LogP contribution in [0.25, 0.3) is 0 Å². The van der Waals surface area contributed by atoms with Gasteiger partial charge in [0.25, 0.3) is 0 Å². The highest BCUT2D eigenvalue weighted by molar-refractivity contribution is 5.92. The highest BCUT2D eigenvalue weighted by Crippen LogP contribution is 2.23. The van der Waals surface area contributed by atoms with Crippen LogP contribution in [0.4, 0.5) is 10.5 Å². The summed E-state index contributed by atoms with van der Waals surface area (Å²) in [6.45, 7) is 5.09. The number of carbonyl (C=O) groups excluding carboxylic acids is 2. The fourth-order valence-electron chi connectivity index (χ4n) is 3.25. The summed E-state index contributed by atoms with van der Waals surface area (Å²) in [5.74, 6) is 0.0377. The second-order valence-electron chi connectivity index (χ2n) is 8.44. The van der Waals surface area contributed by atoms with Gasteiger partial charge < -0.3 is 18.9 Å². The number of amides is 1. The van der Waals surface area contributed by atoms with Gasteiger partial charge in [-0.05, 0) is 51.0 Å². The van der Waals surface area contributed by atoms with Crippen molar-refractivity contribution in [3.63, 3.8) is 0 Å². The first-order chi connectivity index (χ1) is 17.4. The maximum absolute atomic E-state index is 12.3. The number of carbonyl (C=O) groups is 2. The molecule has 3 aromatic rings. The van der Waals surface area contributed by atoms with Crippen LogP contribution in [0.1, 0.15) is 42.7 Å². The van der Waals surface area contributed by atoms with E-state index in [1.807, 2.05) is 24.3 Å². The van der Waals surface area contributed by atoms with Crippen LogP contribution < -0.4 is 10.1 Å². The molecule has 0 radical (unpaired) electrons. The van der Waals surface area contributed by atoms with E-state index in [0.29, 0.717) is 42.5 Å². The maximum atomic E-state index is 12.3. The van der Waals surface area contributed by atoms with Gasteiger partial charge in [-0.25, -0.2) is 9.59 Å². The number of ether oxygens (including phenoxy) is 4. The number of hydrogen-bond acceptors (Lipinski definition) is 8. The van der Waals surface area contributed by atoms with Crippen LogP contribution in [0, 0.1) is 0 Å². The summed E-state index contributed by atoms with van der Waals surface area (Å²) in [6, 6.07) is 16.1. The van der Waals surface area contributed by atoms with Gasteiger partial charge in [-0.1, -0.05) is 35.5 Å². The van der Waals surface area contributed by atoms with E-state index in [1.165, 1.54) is 0 Å². The number of hydrogen-bond donors (Lipinski definition) is 1. The number of para-hydroxylation sites is 2. The fraction of sp³-hybridized carbons (Fsp3) is 0.385. The van der Waals surface area contributed by atoms with Gasteiger partial charge in [-0.2, -0.15) is 0 Å². The van der Waals surface area contributed by atoms with Gasteiger partial charge >= 0.3 is 12.1 Å². The zero-order valence-corrected chi connectivity index (χ0v) is 20.8. The van der Waals surface area contributed by atoms with E-state index < -0.39 is 17.7 Å². The molecule has 36 heavy (non-hydrogen) atoms. The van der Waals surface area contributed by atoms with E-state index in [2.05, 4.69) is 15.6 Å². The zero-order valence-electron chi connectivity index (χ0n) is 20.8. The summed E-state index contributed by atoms with van der Waals surface area (Å²) in [4.78, 5) is 24.5. The lowest BCUT2D eigenvalue weighted by Gasteiger charge is -2.22. The Balaban J connectivity index is 1.43. The molecule has 0 atom stereocenters. The van der Waals surface area contributed by atoms with E-state index in [-0.39, 0.29) is 6.61 Å². The van der Waals surface area contributed by atoms with Gasteiger partial charge in [0.1, 0.15) is 23.6 Å². The summed E-state index contributed by atoms with van der Waals surface area (Å²) in [7, 11) is 1.55. The Morgan fingerprint density at radius 2 is 1.72 bits per heavy atom. The predicted molar refractivity (Wildman–Crippen MR) is 133 cm³/mol. The van der Waals surface area contributed by atoms with Crippen LogP contribution in [0.5, 0.6) is 5.75 Å². The number of esters is 1.